The lowest BCUT2D eigenvalue weighted by Crippen LogP contribution is -2.44. The number of rotatable bonds is 6. The van der Waals surface area contributed by atoms with Gasteiger partial charge >= 0.3 is 11.6 Å². The molecule has 2 amide bonds. The van der Waals surface area contributed by atoms with Crippen LogP contribution in [0.2, 0.25) is 0 Å². The van der Waals surface area contributed by atoms with Crippen molar-refractivity contribution in [2.75, 3.05) is 0 Å². The first-order valence-electron chi connectivity index (χ1n) is 9.71. The zero-order valence-corrected chi connectivity index (χ0v) is 17.1. The summed E-state index contributed by atoms with van der Waals surface area (Å²) in [7, 11) is 0. The van der Waals surface area contributed by atoms with Crippen LogP contribution in [-0.4, -0.2) is 17.0 Å². The number of nitrogens with zero attached hydrogens (tertiary/aromatic N) is 2. The lowest BCUT2D eigenvalue weighted by molar-refractivity contribution is -0.793. The van der Waals surface area contributed by atoms with Crippen molar-refractivity contribution < 1.29 is 19.1 Å². The minimum atomic E-state index is -0.750. The number of nitrogens with one attached hydrogen (secondary N) is 2. The Hall–Kier alpha value is -3.68. The second-order valence-electron chi connectivity index (χ2n) is 7.50. The van der Waals surface area contributed by atoms with Crippen molar-refractivity contribution in [1.82, 2.24) is 16.0 Å². The summed E-state index contributed by atoms with van der Waals surface area (Å²) in [5.41, 5.74) is 6.94. The van der Waals surface area contributed by atoms with E-state index in [4.69, 9.17) is 0 Å². The molecule has 30 heavy (non-hydrogen) atoms. The van der Waals surface area contributed by atoms with Gasteiger partial charge in [0, 0.05) is 5.56 Å². The second kappa shape index (κ2) is 9.21. The summed E-state index contributed by atoms with van der Waals surface area (Å²) in [6, 6.07) is 16.4. The molecule has 1 atom stereocenters. The van der Waals surface area contributed by atoms with Crippen molar-refractivity contribution in [2.24, 2.45) is 5.92 Å². The molecule has 0 aliphatic rings. The molecule has 156 valence electrons. The molecule has 0 fully saturated rings. The van der Waals surface area contributed by atoms with Crippen molar-refractivity contribution in [3.05, 3.63) is 76.6 Å². The normalized spacial score (nSPS) is 11.9. The highest BCUT2D eigenvalue weighted by Gasteiger charge is 2.28. The Bertz CT molecular complexity index is 1010. The first-order valence-corrected chi connectivity index (χ1v) is 9.71. The van der Waals surface area contributed by atoms with Gasteiger partial charge in [-0.25, -0.2) is 0 Å². The average Bonchev–Trinajstić information content (AvgIpc) is 3.13. The van der Waals surface area contributed by atoms with E-state index in [1.54, 1.807) is 37.3 Å². The Morgan fingerprint density at radius 3 is 2.33 bits per heavy atom. The van der Waals surface area contributed by atoms with Crippen molar-refractivity contribution in [1.29, 1.82) is 0 Å². The highest BCUT2D eigenvalue weighted by molar-refractivity contribution is 5.98. The third kappa shape index (κ3) is 4.83. The van der Waals surface area contributed by atoms with Gasteiger partial charge in [0.1, 0.15) is 0 Å². The van der Waals surface area contributed by atoms with Gasteiger partial charge in [0.25, 0.3) is 0 Å². The summed E-state index contributed by atoms with van der Waals surface area (Å²) in [6.45, 7) is 6.05. The van der Waals surface area contributed by atoms with Crippen LogP contribution in [0.15, 0.2) is 59.2 Å². The lowest BCUT2D eigenvalue weighted by atomic mass is 9.96. The van der Waals surface area contributed by atoms with Crippen LogP contribution < -0.4 is 15.8 Å². The summed E-state index contributed by atoms with van der Waals surface area (Å²) >= 11 is 0. The van der Waals surface area contributed by atoms with E-state index in [-0.39, 0.29) is 22.2 Å². The van der Waals surface area contributed by atoms with Crippen molar-refractivity contribution in [3.63, 3.8) is 0 Å². The highest BCUT2D eigenvalue weighted by Crippen LogP contribution is 2.19. The molecule has 0 aliphatic carbocycles. The molecule has 1 aromatic heterocycles. The smallest absolute Gasteiger partial charge is 0.321 e. The number of benzene rings is 2. The molecule has 0 radical (unpaired) electrons. The van der Waals surface area contributed by atoms with Crippen molar-refractivity contribution >= 4 is 11.8 Å². The van der Waals surface area contributed by atoms with E-state index < -0.39 is 11.8 Å². The van der Waals surface area contributed by atoms with Crippen LogP contribution in [0.5, 0.6) is 0 Å². The molecule has 1 heterocycles. The van der Waals surface area contributed by atoms with Gasteiger partial charge in [-0.15, -0.1) is 0 Å². The van der Waals surface area contributed by atoms with Gasteiger partial charge in [0.2, 0.25) is 11.6 Å². The van der Waals surface area contributed by atoms with Crippen LogP contribution in [0.25, 0.3) is 11.3 Å². The Kier molecular flexibility index (Phi) is 6.46. The van der Waals surface area contributed by atoms with Crippen LogP contribution in [0.1, 0.15) is 48.3 Å². The molecular weight excluding hydrogens is 384 g/mol. The summed E-state index contributed by atoms with van der Waals surface area (Å²) in [6.07, 6.45) is 0.970. The Balaban J connectivity index is 1.64. The molecule has 2 aromatic carbocycles. The Morgan fingerprint density at radius 1 is 1.03 bits per heavy atom. The predicted octanol–water partition coefficient (Wildman–Crippen LogP) is 2.74. The van der Waals surface area contributed by atoms with Gasteiger partial charge in [0.15, 0.2) is 0 Å². The fourth-order valence-corrected chi connectivity index (χ4v) is 3.09. The van der Waals surface area contributed by atoms with E-state index in [2.05, 4.69) is 34.5 Å². The van der Waals surface area contributed by atoms with Crippen molar-refractivity contribution in [2.45, 2.75) is 33.1 Å². The van der Waals surface area contributed by atoms with Crippen LogP contribution in [-0.2, 0) is 11.2 Å². The number of hydrogen-bond acceptors (Lipinski definition) is 5. The van der Waals surface area contributed by atoms with Gasteiger partial charge in [-0.2, -0.15) is 0 Å². The van der Waals surface area contributed by atoms with E-state index in [9.17, 15) is 14.8 Å². The third-order valence-corrected chi connectivity index (χ3v) is 4.69. The molecular formula is C22H24N4O4. The maximum absolute atomic E-state index is 12.5. The van der Waals surface area contributed by atoms with Crippen LogP contribution in [0, 0.1) is 11.1 Å². The number of hydrogen-bond donors (Lipinski definition) is 2. The van der Waals surface area contributed by atoms with E-state index >= 15 is 0 Å². The number of carbonyl (C=O) groups excluding carboxylic acids is 2. The monoisotopic (exact) mass is 408 g/mol. The Labute approximate surface area is 174 Å². The first-order chi connectivity index (χ1) is 14.4. The van der Waals surface area contributed by atoms with Gasteiger partial charge in [-0.3, -0.25) is 25.1 Å². The topological polar surface area (TPSA) is 111 Å². The van der Waals surface area contributed by atoms with E-state index in [1.807, 2.05) is 24.3 Å². The van der Waals surface area contributed by atoms with Crippen LogP contribution >= 0.6 is 0 Å². The van der Waals surface area contributed by atoms with Gasteiger partial charge in [0.05, 0.1) is 11.1 Å². The summed E-state index contributed by atoms with van der Waals surface area (Å²) in [4.78, 5) is 25.1. The molecule has 2 N–H and O–H groups in total. The number of carbonyl (C=O) groups is 2. The highest BCUT2D eigenvalue weighted by atomic mass is 16.8. The molecule has 0 saturated carbocycles. The largest absolute Gasteiger partial charge is 0.359 e. The number of amides is 2. The molecule has 0 spiro atoms. The minimum Gasteiger partial charge on any atom is -0.359 e. The van der Waals surface area contributed by atoms with E-state index in [1.165, 1.54) is 5.56 Å². The first kappa shape index (κ1) is 21.0. The lowest BCUT2D eigenvalue weighted by Gasteiger charge is -2.13. The van der Waals surface area contributed by atoms with E-state index in [0.29, 0.717) is 11.5 Å². The summed E-state index contributed by atoms with van der Waals surface area (Å²) in [5.74, 6) is -1.06. The molecule has 0 aliphatic heterocycles. The van der Waals surface area contributed by atoms with E-state index in [0.717, 1.165) is 12.0 Å². The van der Waals surface area contributed by atoms with Gasteiger partial charge in [-0.1, -0.05) is 68.4 Å². The average molecular weight is 408 g/mol. The van der Waals surface area contributed by atoms with Crippen LogP contribution in [0.4, 0.5) is 0 Å². The predicted molar refractivity (Wildman–Crippen MR) is 110 cm³/mol. The van der Waals surface area contributed by atoms with Crippen molar-refractivity contribution in [3.8, 4) is 11.3 Å². The standard InChI is InChI=1S/C22H24N4O4/c1-14(2)13-16-9-11-17(12-10-16)15(3)21(27)23-24-22(28)19-20(26(29)30-25-19)18-7-5-4-6-8-18/h4-12,14-15H,13H2,1-3H3,(H,23,27)(H,24,28). The molecule has 1 unspecified atom stereocenters. The number of aromatic nitrogens is 2. The molecule has 8 heteroatoms. The zero-order valence-electron chi connectivity index (χ0n) is 17.1. The van der Waals surface area contributed by atoms with Gasteiger partial charge < -0.3 is 5.21 Å². The minimum absolute atomic E-state index is 0.0314. The summed E-state index contributed by atoms with van der Waals surface area (Å²) in [5, 5.41) is 15.4. The zero-order chi connectivity index (χ0) is 21.7. The fraction of sp³-hybridized carbons (Fsp3) is 0.273. The second-order valence-corrected chi connectivity index (χ2v) is 7.50. The molecule has 0 saturated heterocycles. The maximum Gasteiger partial charge on any atom is 0.321 e. The Morgan fingerprint density at radius 2 is 1.70 bits per heavy atom. The fourth-order valence-electron chi connectivity index (χ4n) is 3.09. The van der Waals surface area contributed by atoms with Crippen LogP contribution in [0.3, 0.4) is 0 Å². The number of hydrazine groups is 1. The summed E-state index contributed by atoms with van der Waals surface area (Å²) < 4.78 is 4.57. The third-order valence-electron chi connectivity index (χ3n) is 4.69. The van der Waals surface area contributed by atoms with Gasteiger partial charge in [-0.05, 0) is 35.3 Å². The SMILES string of the molecule is CC(C)Cc1ccc(C(C)C(=O)NNC(=O)c2no[n+]([O-])c2-c2ccccc2)cc1. The molecule has 0 bridgehead atoms. The molecule has 3 aromatic rings. The maximum atomic E-state index is 12.5. The molecule has 3 rings (SSSR count). The quantitative estimate of drug-likeness (QED) is 0.481. The molecule has 8 nitrogen and oxygen atoms in total.